The molecule has 0 bridgehead atoms. The van der Waals surface area contributed by atoms with Crippen LogP contribution in [0.4, 0.5) is 0 Å². The predicted molar refractivity (Wildman–Crippen MR) is 90.3 cm³/mol. The number of rotatable bonds is 6. The number of carbonyl (C=O) groups excluding carboxylic acids is 4. The van der Waals surface area contributed by atoms with Crippen molar-refractivity contribution in [2.75, 3.05) is 6.61 Å². The third-order valence-electron chi connectivity index (χ3n) is 3.78. The molecular formula is C17H19N3O8. The molecule has 4 atom stereocenters. The average molecular weight is 393 g/mol. The van der Waals surface area contributed by atoms with Gasteiger partial charge in [0.05, 0.1) is 6.33 Å². The van der Waals surface area contributed by atoms with Crippen molar-refractivity contribution in [2.45, 2.75) is 45.3 Å². The van der Waals surface area contributed by atoms with Gasteiger partial charge in [0, 0.05) is 20.8 Å². The number of ether oxygens (including phenoxy) is 4. The standard InChI is InChI=1S/C17H19N3O8/c1-5-11-13(16(18)24)19-7-20(11)17-15(27-10(4)23)14(26-9(3)22)12(28-17)6-25-8(2)21/h1,7,12,14-15,17H,6H2,2-4H3,(H2,18,24)/t12-,14-,15-,17-/m1/s1. The van der Waals surface area contributed by atoms with Crippen molar-refractivity contribution in [3.8, 4) is 12.3 Å². The Balaban J connectivity index is 2.47. The molecule has 1 amide bonds. The Hall–Kier alpha value is -3.39. The first-order chi connectivity index (χ1) is 13.1. The Bertz CT molecular complexity index is 840. The highest BCUT2D eigenvalue weighted by Gasteiger charge is 2.51. The fraction of sp³-hybridized carbons (Fsp3) is 0.471. The smallest absolute Gasteiger partial charge is 0.303 e. The summed E-state index contributed by atoms with van der Waals surface area (Å²) < 4.78 is 22.5. The van der Waals surface area contributed by atoms with Crippen molar-refractivity contribution in [1.82, 2.24) is 9.55 Å². The van der Waals surface area contributed by atoms with E-state index in [1.54, 1.807) is 0 Å². The Labute approximate surface area is 160 Å². The minimum Gasteiger partial charge on any atom is -0.463 e. The van der Waals surface area contributed by atoms with Gasteiger partial charge in [0.25, 0.3) is 5.91 Å². The highest BCUT2D eigenvalue weighted by atomic mass is 16.7. The van der Waals surface area contributed by atoms with Crippen LogP contribution < -0.4 is 5.73 Å². The number of hydrogen-bond donors (Lipinski definition) is 1. The number of carbonyl (C=O) groups is 4. The molecule has 0 radical (unpaired) electrons. The maximum Gasteiger partial charge on any atom is 0.303 e. The molecule has 2 N–H and O–H groups in total. The van der Waals surface area contributed by atoms with Crippen molar-refractivity contribution in [3.63, 3.8) is 0 Å². The van der Waals surface area contributed by atoms with Gasteiger partial charge in [-0.1, -0.05) is 0 Å². The van der Waals surface area contributed by atoms with E-state index < -0.39 is 48.4 Å². The van der Waals surface area contributed by atoms with Gasteiger partial charge in [-0.2, -0.15) is 0 Å². The van der Waals surface area contributed by atoms with Gasteiger partial charge in [-0.25, -0.2) is 4.98 Å². The van der Waals surface area contributed by atoms with Gasteiger partial charge in [0.2, 0.25) is 0 Å². The summed E-state index contributed by atoms with van der Waals surface area (Å²) in [5.74, 6) is -0.505. The maximum absolute atomic E-state index is 11.6. The van der Waals surface area contributed by atoms with E-state index in [0.29, 0.717) is 0 Å². The summed E-state index contributed by atoms with van der Waals surface area (Å²) in [6.07, 6.45) is 2.32. The normalized spacial score (nSPS) is 23.5. The first kappa shape index (κ1) is 20.9. The largest absolute Gasteiger partial charge is 0.463 e. The van der Waals surface area contributed by atoms with E-state index in [-0.39, 0.29) is 18.0 Å². The lowest BCUT2D eigenvalue weighted by Crippen LogP contribution is -2.40. The van der Waals surface area contributed by atoms with Crippen LogP contribution in [-0.2, 0) is 33.3 Å². The maximum atomic E-state index is 11.6. The molecule has 1 aromatic heterocycles. The molecule has 1 aliphatic rings. The number of esters is 3. The van der Waals surface area contributed by atoms with Crippen molar-refractivity contribution >= 4 is 23.8 Å². The van der Waals surface area contributed by atoms with Crippen LogP contribution in [0.5, 0.6) is 0 Å². The zero-order valence-electron chi connectivity index (χ0n) is 15.4. The lowest BCUT2D eigenvalue weighted by atomic mass is 10.1. The summed E-state index contributed by atoms with van der Waals surface area (Å²) in [5.41, 5.74) is 5.07. The number of nitrogens with two attached hydrogens (primary N) is 1. The van der Waals surface area contributed by atoms with E-state index in [0.717, 1.165) is 13.8 Å². The van der Waals surface area contributed by atoms with Gasteiger partial charge in [-0.05, 0) is 5.92 Å². The van der Waals surface area contributed by atoms with Gasteiger partial charge < -0.3 is 24.7 Å². The molecule has 1 aromatic rings. The molecule has 0 unspecified atom stereocenters. The molecule has 0 saturated carbocycles. The highest BCUT2D eigenvalue weighted by Crippen LogP contribution is 2.35. The van der Waals surface area contributed by atoms with Gasteiger partial charge in [0.1, 0.15) is 18.4 Å². The molecule has 150 valence electrons. The molecule has 11 heteroatoms. The van der Waals surface area contributed by atoms with Crippen LogP contribution in [0, 0.1) is 12.3 Å². The molecular weight excluding hydrogens is 374 g/mol. The van der Waals surface area contributed by atoms with Crippen LogP contribution in [0.1, 0.15) is 43.2 Å². The Morgan fingerprint density at radius 2 is 1.79 bits per heavy atom. The van der Waals surface area contributed by atoms with E-state index in [1.807, 2.05) is 0 Å². The third-order valence-corrected chi connectivity index (χ3v) is 3.78. The first-order valence-corrected chi connectivity index (χ1v) is 8.12. The molecule has 1 saturated heterocycles. The number of terminal acetylenes is 1. The fourth-order valence-corrected chi connectivity index (χ4v) is 2.79. The van der Waals surface area contributed by atoms with E-state index in [2.05, 4.69) is 10.9 Å². The first-order valence-electron chi connectivity index (χ1n) is 8.12. The number of aromatic nitrogens is 2. The minimum absolute atomic E-state index is 0.00985. The predicted octanol–water partition coefficient (Wildman–Crippen LogP) is -0.713. The zero-order valence-corrected chi connectivity index (χ0v) is 15.4. The Kier molecular flexibility index (Phi) is 6.37. The van der Waals surface area contributed by atoms with E-state index in [4.69, 9.17) is 31.1 Å². The molecule has 1 fully saturated rings. The monoisotopic (exact) mass is 393 g/mol. The summed E-state index contributed by atoms with van der Waals surface area (Å²) in [7, 11) is 0. The second-order valence-electron chi connectivity index (χ2n) is 5.87. The molecule has 28 heavy (non-hydrogen) atoms. The Morgan fingerprint density at radius 3 is 2.29 bits per heavy atom. The molecule has 0 aliphatic carbocycles. The molecule has 2 heterocycles. The lowest BCUT2D eigenvalue weighted by Gasteiger charge is -2.24. The molecule has 0 spiro atoms. The molecule has 2 rings (SSSR count). The minimum atomic E-state index is -1.15. The van der Waals surface area contributed by atoms with E-state index >= 15 is 0 Å². The van der Waals surface area contributed by atoms with Crippen LogP contribution in [-0.4, -0.2) is 58.3 Å². The fourth-order valence-electron chi connectivity index (χ4n) is 2.79. The van der Waals surface area contributed by atoms with Crippen LogP contribution in [0.25, 0.3) is 0 Å². The highest BCUT2D eigenvalue weighted by molar-refractivity contribution is 5.93. The number of amides is 1. The molecule has 1 aliphatic heterocycles. The second-order valence-corrected chi connectivity index (χ2v) is 5.87. The number of primary amides is 1. The summed E-state index contributed by atoms with van der Waals surface area (Å²) in [5, 5.41) is 0. The van der Waals surface area contributed by atoms with Gasteiger partial charge in [-0.15, -0.1) is 6.42 Å². The Morgan fingerprint density at radius 1 is 1.18 bits per heavy atom. The van der Waals surface area contributed by atoms with Crippen LogP contribution in [0.2, 0.25) is 0 Å². The van der Waals surface area contributed by atoms with Gasteiger partial charge in [-0.3, -0.25) is 23.7 Å². The van der Waals surface area contributed by atoms with Crippen molar-refractivity contribution in [3.05, 3.63) is 17.7 Å². The van der Waals surface area contributed by atoms with Crippen molar-refractivity contribution < 1.29 is 38.1 Å². The summed E-state index contributed by atoms with van der Waals surface area (Å²) in [4.78, 5) is 49.7. The topological polar surface area (TPSA) is 149 Å². The summed E-state index contributed by atoms with van der Waals surface area (Å²) >= 11 is 0. The third kappa shape index (κ3) is 4.47. The van der Waals surface area contributed by atoms with Crippen LogP contribution >= 0.6 is 0 Å². The second kappa shape index (κ2) is 8.53. The van der Waals surface area contributed by atoms with Crippen LogP contribution in [0.3, 0.4) is 0 Å². The lowest BCUT2D eigenvalue weighted by molar-refractivity contribution is -0.166. The van der Waals surface area contributed by atoms with E-state index in [9.17, 15) is 19.2 Å². The zero-order chi connectivity index (χ0) is 21.0. The average Bonchev–Trinajstić information content (AvgIpc) is 3.14. The van der Waals surface area contributed by atoms with Crippen molar-refractivity contribution in [1.29, 1.82) is 0 Å². The number of imidazole rings is 1. The summed E-state index contributed by atoms with van der Waals surface area (Å²) in [6, 6.07) is 0. The number of hydrogen-bond acceptors (Lipinski definition) is 9. The van der Waals surface area contributed by atoms with E-state index in [1.165, 1.54) is 17.8 Å². The SMILES string of the molecule is C#Cc1c(C(N)=O)ncn1[C@@H]1O[C@H](COC(C)=O)[C@@H](OC(C)=O)[C@H]1OC(C)=O. The quantitative estimate of drug-likeness (QED) is 0.375. The molecule has 0 aromatic carbocycles. The van der Waals surface area contributed by atoms with Crippen LogP contribution in [0.15, 0.2) is 6.33 Å². The summed E-state index contributed by atoms with van der Waals surface area (Å²) in [6.45, 7) is 3.25. The van der Waals surface area contributed by atoms with Gasteiger partial charge in [0.15, 0.2) is 24.1 Å². The molecule has 11 nitrogen and oxygen atoms in total. The van der Waals surface area contributed by atoms with Crippen molar-refractivity contribution in [2.24, 2.45) is 5.73 Å². The van der Waals surface area contributed by atoms with Gasteiger partial charge >= 0.3 is 17.9 Å². The number of nitrogens with zero attached hydrogens (tertiary/aromatic N) is 2.